The van der Waals surface area contributed by atoms with E-state index in [0.717, 1.165) is 61.3 Å². The molecule has 0 saturated carbocycles. The van der Waals surface area contributed by atoms with Crippen LogP contribution < -0.4 is 0 Å². The van der Waals surface area contributed by atoms with Crippen LogP contribution in [0, 0.1) is 11.5 Å². The van der Waals surface area contributed by atoms with Crippen molar-refractivity contribution in [1.82, 2.24) is 19.9 Å². The summed E-state index contributed by atoms with van der Waals surface area (Å²) in [7, 11) is -1.87. The highest BCUT2D eigenvalue weighted by Crippen LogP contribution is 2.41. The number of nitrogens with zero attached hydrogens (tertiary/aromatic N) is 2. The minimum atomic E-state index is -1.87. The molecule has 0 unspecified atom stereocenters. The SMILES string of the molecule is CC(C)[Si](C#Cc1cc2cc3nc(cc4[nH]c(cc5nc(cc1[nH]2)C=C5)cc4Br)CC3(C)C)(C(C)C)C(C)C. The Bertz CT molecular complexity index is 1650. The third-order valence-electron chi connectivity index (χ3n) is 8.43. The number of aromatic nitrogens is 4. The van der Waals surface area contributed by atoms with Gasteiger partial charge in [0.2, 0.25) is 0 Å². The molecule has 3 aromatic rings. The van der Waals surface area contributed by atoms with Crippen LogP contribution in [0.4, 0.5) is 0 Å². The summed E-state index contributed by atoms with van der Waals surface area (Å²) in [5.74, 6) is 3.69. The lowest BCUT2D eigenvalue weighted by molar-refractivity contribution is 0.543. The monoisotopic (exact) mass is 598 g/mol. The molecule has 4 nitrogen and oxygen atoms in total. The second kappa shape index (κ2) is 10.3. The number of H-pyrrole nitrogens is 2. The fraction of sp³-hybridized carbons (Fsp3) is 0.394. The van der Waals surface area contributed by atoms with E-state index < -0.39 is 8.07 Å². The number of hydrogen-bond donors (Lipinski definition) is 2. The minimum Gasteiger partial charge on any atom is -0.354 e. The summed E-state index contributed by atoms with van der Waals surface area (Å²) in [4.78, 5) is 17.1. The molecule has 2 aliphatic rings. The van der Waals surface area contributed by atoms with Crippen LogP contribution in [0.2, 0.25) is 16.6 Å². The lowest BCUT2D eigenvalue weighted by Gasteiger charge is -2.38. The van der Waals surface area contributed by atoms with Gasteiger partial charge in [-0.3, -0.25) is 4.98 Å². The van der Waals surface area contributed by atoms with Crippen molar-refractivity contribution in [3.63, 3.8) is 0 Å². The summed E-state index contributed by atoms with van der Waals surface area (Å²) >= 11 is 3.72. The fourth-order valence-corrected chi connectivity index (χ4v) is 12.1. The zero-order chi connectivity index (χ0) is 28.1. The van der Waals surface area contributed by atoms with Crippen LogP contribution in [0.5, 0.6) is 0 Å². The van der Waals surface area contributed by atoms with E-state index in [1.54, 1.807) is 0 Å². The molecule has 0 aliphatic carbocycles. The van der Waals surface area contributed by atoms with Crippen molar-refractivity contribution in [3.05, 3.63) is 69.2 Å². The first kappa shape index (κ1) is 27.7. The van der Waals surface area contributed by atoms with Crippen molar-refractivity contribution in [2.24, 2.45) is 0 Å². The Kier molecular flexibility index (Phi) is 7.28. The Balaban J connectivity index is 1.81. The molecule has 0 atom stereocenters. The van der Waals surface area contributed by atoms with Crippen molar-refractivity contribution < 1.29 is 0 Å². The lowest BCUT2D eigenvalue weighted by atomic mass is 9.87. The summed E-state index contributed by atoms with van der Waals surface area (Å²) in [6.45, 7) is 18.7. The normalized spacial score (nSPS) is 14.8. The quantitative estimate of drug-likeness (QED) is 0.182. The van der Waals surface area contributed by atoms with Gasteiger partial charge in [-0.05, 0) is 81.1 Å². The van der Waals surface area contributed by atoms with Crippen LogP contribution in [0.1, 0.15) is 83.7 Å². The number of halogens is 1. The molecular formula is C33H39BrN4Si. The van der Waals surface area contributed by atoms with E-state index in [-0.39, 0.29) is 5.41 Å². The minimum absolute atomic E-state index is 0.0641. The van der Waals surface area contributed by atoms with E-state index in [4.69, 9.17) is 9.97 Å². The van der Waals surface area contributed by atoms with Gasteiger partial charge in [0.25, 0.3) is 0 Å². The average Bonchev–Trinajstić information content (AvgIpc) is 3.57. The van der Waals surface area contributed by atoms with Crippen molar-refractivity contribution >= 4 is 58.2 Å². The smallest absolute Gasteiger partial charge is 0.146 e. The van der Waals surface area contributed by atoms with Crippen LogP contribution in [0.25, 0.3) is 34.2 Å². The molecule has 0 amide bonds. The van der Waals surface area contributed by atoms with Crippen LogP contribution >= 0.6 is 15.9 Å². The summed E-state index contributed by atoms with van der Waals surface area (Å²) in [5, 5.41) is 0. The first-order chi connectivity index (χ1) is 18.4. The highest BCUT2D eigenvalue weighted by atomic mass is 79.9. The number of rotatable bonds is 3. The highest BCUT2D eigenvalue weighted by molar-refractivity contribution is 9.10. The predicted molar refractivity (Wildman–Crippen MR) is 172 cm³/mol. The molecule has 0 aromatic carbocycles. The second-order valence-corrected chi connectivity index (χ2v) is 19.0. The molecule has 202 valence electrons. The van der Waals surface area contributed by atoms with Crippen LogP contribution in [0.15, 0.2) is 40.9 Å². The van der Waals surface area contributed by atoms with Gasteiger partial charge in [-0.25, -0.2) is 4.98 Å². The maximum absolute atomic E-state index is 5.07. The van der Waals surface area contributed by atoms with Gasteiger partial charge in [-0.2, -0.15) is 0 Å². The Hall–Kier alpha value is -2.88. The summed E-state index contributed by atoms with van der Waals surface area (Å²) in [5.41, 5.74) is 14.7. The first-order valence-corrected chi connectivity index (χ1v) is 17.0. The fourth-order valence-electron chi connectivity index (χ4n) is 6.42. The van der Waals surface area contributed by atoms with Gasteiger partial charge in [0, 0.05) is 44.3 Å². The molecule has 39 heavy (non-hydrogen) atoms. The van der Waals surface area contributed by atoms with Gasteiger partial charge >= 0.3 is 0 Å². The number of nitrogens with one attached hydrogen (secondary N) is 2. The zero-order valence-corrected chi connectivity index (χ0v) is 26.9. The average molecular weight is 600 g/mol. The standard InChI is InChI=1S/C33H39BrN4Si/c1-20(2)39(21(3)4,22(5)6)12-11-23-13-26-18-32-33(7,8)19-28(38-32)17-31-29(34)15-27(37-31)14-24-9-10-25(35-24)16-30(23)36-26/h9-10,13-18,20-22,36-37H,19H2,1-8H3. The van der Waals surface area contributed by atoms with Crippen molar-refractivity contribution in [2.45, 2.75) is 83.8 Å². The van der Waals surface area contributed by atoms with Crippen LogP contribution in [0.3, 0.4) is 0 Å². The van der Waals surface area contributed by atoms with Gasteiger partial charge in [-0.15, -0.1) is 5.54 Å². The molecule has 0 radical (unpaired) electrons. The Morgan fingerprint density at radius 2 is 1.41 bits per heavy atom. The number of hydrogen-bond acceptors (Lipinski definition) is 2. The van der Waals surface area contributed by atoms with Crippen LogP contribution in [-0.4, -0.2) is 28.0 Å². The number of aromatic amines is 2. The number of fused-ring (bicyclic) bond motifs is 8. The molecule has 0 saturated heterocycles. The van der Waals surface area contributed by atoms with Gasteiger partial charge in [0.15, 0.2) is 0 Å². The molecule has 3 aromatic heterocycles. The summed E-state index contributed by atoms with van der Waals surface area (Å²) in [6, 6.07) is 12.8. The van der Waals surface area contributed by atoms with Gasteiger partial charge in [0.05, 0.1) is 22.4 Å². The Morgan fingerprint density at radius 3 is 2.08 bits per heavy atom. The summed E-state index contributed by atoms with van der Waals surface area (Å²) < 4.78 is 1.02. The maximum atomic E-state index is 5.07. The van der Waals surface area contributed by atoms with E-state index >= 15 is 0 Å². The van der Waals surface area contributed by atoms with Gasteiger partial charge < -0.3 is 9.97 Å². The van der Waals surface area contributed by atoms with Crippen LogP contribution in [-0.2, 0) is 11.8 Å². The predicted octanol–water partition coefficient (Wildman–Crippen LogP) is 9.34. The summed E-state index contributed by atoms with van der Waals surface area (Å²) in [6.07, 6.45) is 5.01. The van der Waals surface area contributed by atoms with Crippen molar-refractivity contribution in [3.8, 4) is 11.5 Å². The molecular weight excluding hydrogens is 560 g/mol. The van der Waals surface area contributed by atoms with E-state index in [0.29, 0.717) is 16.6 Å². The topological polar surface area (TPSA) is 57.4 Å². The molecule has 0 spiro atoms. The zero-order valence-electron chi connectivity index (χ0n) is 24.3. The molecule has 5 heterocycles. The van der Waals surface area contributed by atoms with Crippen molar-refractivity contribution in [2.75, 3.05) is 0 Å². The molecule has 0 fully saturated rings. The molecule has 2 aliphatic heterocycles. The first-order valence-electron chi connectivity index (χ1n) is 14.0. The van der Waals surface area contributed by atoms with Gasteiger partial charge in [-0.1, -0.05) is 61.3 Å². The third-order valence-corrected chi connectivity index (χ3v) is 15.4. The van der Waals surface area contributed by atoms with E-state index in [2.05, 4.69) is 141 Å². The van der Waals surface area contributed by atoms with E-state index in [1.807, 2.05) is 0 Å². The molecule has 5 rings (SSSR count). The third kappa shape index (κ3) is 5.32. The maximum Gasteiger partial charge on any atom is 0.146 e. The molecule has 6 heteroatoms. The molecule has 2 N–H and O–H groups in total. The van der Waals surface area contributed by atoms with Gasteiger partial charge in [0.1, 0.15) is 8.07 Å². The second-order valence-electron chi connectivity index (χ2n) is 12.6. The van der Waals surface area contributed by atoms with E-state index in [9.17, 15) is 0 Å². The van der Waals surface area contributed by atoms with Crippen molar-refractivity contribution in [1.29, 1.82) is 0 Å². The largest absolute Gasteiger partial charge is 0.354 e. The lowest BCUT2D eigenvalue weighted by Crippen LogP contribution is -2.43. The Labute approximate surface area is 241 Å². The van der Waals surface area contributed by atoms with E-state index in [1.165, 1.54) is 0 Å². The molecule has 8 bridgehead atoms. The Morgan fingerprint density at radius 1 is 0.795 bits per heavy atom. The highest BCUT2D eigenvalue weighted by Gasteiger charge is 2.41.